The van der Waals surface area contributed by atoms with Gasteiger partial charge in [0.1, 0.15) is 11.6 Å². The van der Waals surface area contributed by atoms with E-state index < -0.39 is 0 Å². The summed E-state index contributed by atoms with van der Waals surface area (Å²) in [7, 11) is 4.13. The van der Waals surface area contributed by atoms with Gasteiger partial charge in [-0.25, -0.2) is 4.98 Å². The number of benzene rings is 2. The van der Waals surface area contributed by atoms with Crippen molar-refractivity contribution in [1.82, 2.24) is 19.8 Å². The van der Waals surface area contributed by atoms with Gasteiger partial charge in [0.05, 0.1) is 17.6 Å². The number of nitrogens with zero attached hydrogens (tertiary/aromatic N) is 3. The van der Waals surface area contributed by atoms with E-state index in [0.717, 1.165) is 47.7 Å². The molecule has 0 fully saturated rings. The normalized spacial score (nSPS) is 11.5. The van der Waals surface area contributed by atoms with Gasteiger partial charge in [-0.05, 0) is 44.8 Å². The number of carbonyl (C=O) groups is 1. The first-order chi connectivity index (χ1) is 15.1. The summed E-state index contributed by atoms with van der Waals surface area (Å²) in [6.45, 7) is 5.06. The standard InChI is InChI=1S/C25H32N4O2/c1-4-19-31-23-12-8-5-9-20(23)13-14-25(30)26-16-15-24-27-21-10-6-7-11-22(21)29(24)18-17-28(2)3/h5-14H,4,15-19H2,1-3H3,(H,26,30)/b14-13+. The fourth-order valence-corrected chi connectivity index (χ4v) is 3.35. The Labute approximate surface area is 184 Å². The summed E-state index contributed by atoms with van der Waals surface area (Å²) in [5.74, 6) is 1.66. The van der Waals surface area contributed by atoms with Crippen LogP contribution in [0.4, 0.5) is 0 Å². The second kappa shape index (κ2) is 11.3. The van der Waals surface area contributed by atoms with Crippen molar-refractivity contribution >= 4 is 23.0 Å². The van der Waals surface area contributed by atoms with Crippen molar-refractivity contribution in [2.75, 3.05) is 33.8 Å². The van der Waals surface area contributed by atoms with Crippen molar-refractivity contribution < 1.29 is 9.53 Å². The molecule has 31 heavy (non-hydrogen) atoms. The molecule has 2 aromatic carbocycles. The summed E-state index contributed by atoms with van der Waals surface area (Å²) in [5.41, 5.74) is 3.03. The van der Waals surface area contributed by atoms with Gasteiger partial charge in [0.25, 0.3) is 0 Å². The molecule has 0 radical (unpaired) electrons. The van der Waals surface area contributed by atoms with Crippen LogP contribution < -0.4 is 10.1 Å². The van der Waals surface area contributed by atoms with Gasteiger partial charge in [-0.1, -0.05) is 37.3 Å². The van der Waals surface area contributed by atoms with E-state index in [1.165, 1.54) is 0 Å². The molecule has 0 bridgehead atoms. The molecule has 0 saturated heterocycles. The summed E-state index contributed by atoms with van der Waals surface area (Å²) >= 11 is 0. The fraction of sp³-hybridized carbons (Fsp3) is 0.360. The number of fused-ring (bicyclic) bond motifs is 1. The van der Waals surface area contributed by atoms with E-state index in [0.29, 0.717) is 19.6 Å². The monoisotopic (exact) mass is 420 g/mol. The highest BCUT2D eigenvalue weighted by molar-refractivity contribution is 5.92. The molecule has 3 aromatic rings. The van der Waals surface area contributed by atoms with Crippen LogP contribution in [0.2, 0.25) is 0 Å². The van der Waals surface area contributed by atoms with Gasteiger partial charge in [-0.2, -0.15) is 0 Å². The fourth-order valence-electron chi connectivity index (χ4n) is 3.35. The number of likely N-dealkylation sites (N-methyl/N-ethyl adjacent to an activating group) is 1. The number of rotatable bonds is 11. The number of aromatic nitrogens is 2. The van der Waals surface area contributed by atoms with Crippen molar-refractivity contribution in [3.8, 4) is 5.75 Å². The lowest BCUT2D eigenvalue weighted by atomic mass is 10.2. The third-order valence-corrected chi connectivity index (χ3v) is 4.95. The average molecular weight is 421 g/mol. The molecule has 1 N–H and O–H groups in total. The second-order valence-corrected chi connectivity index (χ2v) is 7.73. The molecule has 0 aliphatic rings. The first-order valence-electron chi connectivity index (χ1n) is 10.8. The third kappa shape index (κ3) is 6.43. The third-order valence-electron chi connectivity index (χ3n) is 4.95. The molecule has 0 aliphatic carbocycles. The van der Waals surface area contributed by atoms with E-state index in [9.17, 15) is 4.79 Å². The highest BCUT2D eigenvalue weighted by atomic mass is 16.5. The van der Waals surface area contributed by atoms with Gasteiger partial charge in [0.2, 0.25) is 5.91 Å². The van der Waals surface area contributed by atoms with Crippen LogP contribution in [0, 0.1) is 0 Å². The van der Waals surface area contributed by atoms with Gasteiger partial charge >= 0.3 is 0 Å². The smallest absolute Gasteiger partial charge is 0.244 e. The van der Waals surface area contributed by atoms with Gasteiger partial charge in [-0.3, -0.25) is 4.79 Å². The molecule has 164 valence electrons. The predicted octanol–water partition coefficient (Wildman–Crippen LogP) is 3.76. The van der Waals surface area contributed by atoms with Crippen molar-refractivity contribution in [2.45, 2.75) is 26.3 Å². The highest BCUT2D eigenvalue weighted by Gasteiger charge is 2.10. The van der Waals surface area contributed by atoms with Gasteiger partial charge in [-0.15, -0.1) is 0 Å². The van der Waals surface area contributed by atoms with Gasteiger partial charge in [0, 0.05) is 37.7 Å². The number of imidazole rings is 1. The zero-order valence-electron chi connectivity index (χ0n) is 18.7. The molecule has 6 heteroatoms. The first-order valence-corrected chi connectivity index (χ1v) is 10.8. The van der Waals surface area contributed by atoms with Crippen LogP contribution in [0.15, 0.2) is 54.6 Å². The van der Waals surface area contributed by atoms with Crippen LogP contribution in [-0.2, 0) is 17.8 Å². The number of hydrogen-bond acceptors (Lipinski definition) is 4. The Bertz CT molecular complexity index is 1020. The number of carbonyl (C=O) groups excluding carboxylic acids is 1. The molecular weight excluding hydrogens is 388 g/mol. The van der Waals surface area contributed by atoms with Crippen LogP contribution in [0.25, 0.3) is 17.1 Å². The number of para-hydroxylation sites is 3. The molecule has 3 rings (SSSR count). The van der Waals surface area contributed by atoms with E-state index in [2.05, 4.69) is 41.9 Å². The van der Waals surface area contributed by atoms with Gasteiger partial charge in [0.15, 0.2) is 0 Å². The number of ether oxygens (including phenoxy) is 1. The molecule has 0 unspecified atom stereocenters. The van der Waals surface area contributed by atoms with Crippen LogP contribution >= 0.6 is 0 Å². The van der Waals surface area contributed by atoms with E-state index >= 15 is 0 Å². The Balaban J connectivity index is 1.60. The maximum atomic E-state index is 12.3. The van der Waals surface area contributed by atoms with Crippen molar-refractivity contribution in [3.63, 3.8) is 0 Å². The second-order valence-electron chi connectivity index (χ2n) is 7.73. The van der Waals surface area contributed by atoms with E-state index in [4.69, 9.17) is 9.72 Å². The summed E-state index contributed by atoms with van der Waals surface area (Å²) in [5, 5.41) is 2.97. The molecule has 0 atom stereocenters. The summed E-state index contributed by atoms with van der Waals surface area (Å²) in [6.07, 6.45) is 4.98. The van der Waals surface area contributed by atoms with Crippen LogP contribution in [-0.4, -0.2) is 54.1 Å². The molecule has 0 saturated carbocycles. The lowest BCUT2D eigenvalue weighted by molar-refractivity contribution is -0.116. The van der Waals surface area contributed by atoms with E-state index in [1.807, 2.05) is 42.5 Å². The molecule has 6 nitrogen and oxygen atoms in total. The van der Waals surface area contributed by atoms with E-state index in [-0.39, 0.29) is 5.91 Å². The Morgan fingerprint density at radius 2 is 1.94 bits per heavy atom. The highest BCUT2D eigenvalue weighted by Crippen LogP contribution is 2.19. The van der Waals surface area contributed by atoms with E-state index in [1.54, 1.807) is 12.2 Å². The summed E-state index contributed by atoms with van der Waals surface area (Å²) in [4.78, 5) is 19.3. The lowest BCUT2D eigenvalue weighted by Crippen LogP contribution is -2.25. The number of amides is 1. The Kier molecular flexibility index (Phi) is 8.24. The molecule has 1 aromatic heterocycles. The minimum absolute atomic E-state index is 0.124. The molecule has 1 amide bonds. The topological polar surface area (TPSA) is 59.4 Å². The maximum Gasteiger partial charge on any atom is 0.244 e. The SMILES string of the molecule is CCCOc1ccccc1/C=C/C(=O)NCCc1nc2ccccc2n1CCN(C)C. The molecule has 0 aliphatic heterocycles. The average Bonchev–Trinajstić information content (AvgIpc) is 3.12. The zero-order chi connectivity index (χ0) is 22.1. The lowest BCUT2D eigenvalue weighted by Gasteiger charge is -2.13. The number of nitrogens with one attached hydrogen (secondary N) is 1. The number of hydrogen-bond donors (Lipinski definition) is 1. The van der Waals surface area contributed by atoms with Crippen molar-refractivity contribution in [3.05, 3.63) is 66.0 Å². The Morgan fingerprint density at radius 1 is 1.16 bits per heavy atom. The Morgan fingerprint density at radius 3 is 2.74 bits per heavy atom. The molecule has 1 heterocycles. The largest absolute Gasteiger partial charge is 0.493 e. The van der Waals surface area contributed by atoms with Gasteiger partial charge < -0.3 is 19.5 Å². The summed E-state index contributed by atoms with van der Waals surface area (Å²) in [6, 6.07) is 15.9. The predicted molar refractivity (Wildman–Crippen MR) is 126 cm³/mol. The first kappa shape index (κ1) is 22.6. The minimum atomic E-state index is -0.124. The van der Waals surface area contributed by atoms with Crippen LogP contribution in [0.5, 0.6) is 5.75 Å². The minimum Gasteiger partial charge on any atom is -0.493 e. The quantitative estimate of drug-likeness (QED) is 0.480. The Hall–Kier alpha value is -3.12. The van der Waals surface area contributed by atoms with Crippen LogP contribution in [0.3, 0.4) is 0 Å². The van der Waals surface area contributed by atoms with Crippen molar-refractivity contribution in [1.29, 1.82) is 0 Å². The van der Waals surface area contributed by atoms with Crippen LogP contribution in [0.1, 0.15) is 24.7 Å². The summed E-state index contributed by atoms with van der Waals surface area (Å²) < 4.78 is 7.99. The molecule has 0 spiro atoms. The molecular formula is C25H32N4O2. The zero-order valence-corrected chi connectivity index (χ0v) is 18.7. The van der Waals surface area contributed by atoms with Crippen molar-refractivity contribution in [2.24, 2.45) is 0 Å². The maximum absolute atomic E-state index is 12.3.